The monoisotopic (exact) mass is 328 g/mol. The van der Waals surface area contributed by atoms with E-state index in [1.54, 1.807) is 0 Å². The number of piperidine rings is 1. The zero-order chi connectivity index (χ0) is 16.8. The highest BCUT2D eigenvalue weighted by molar-refractivity contribution is 5.93. The first-order valence-electron chi connectivity index (χ1n) is 9.66. The van der Waals surface area contributed by atoms with Gasteiger partial charge in [-0.25, -0.2) is 0 Å². The SMILES string of the molecule is CCCN1CCC(CN=C(N)Nc2cccc3c2CCCC3)CC1. The molecule has 0 spiro atoms. The van der Waals surface area contributed by atoms with Crippen molar-refractivity contribution >= 4 is 11.6 Å². The summed E-state index contributed by atoms with van der Waals surface area (Å²) in [7, 11) is 0. The third kappa shape index (κ3) is 4.50. The van der Waals surface area contributed by atoms with Gasteiger partial charge in [-0.2, -0.15) is 0 Å². The first kappa shape index (κ1) is 17.3. The van der Waals surface area contributed by atoms with E-state index in [0.29, 0.717) is 11.9 Å². The number of benzene rings is 1. The van der Waals surface area contributed by atoms with E-state index in [-0.39, 0.29) is 0 Å². The van der Waals surface area contributed by atoms with Gasteiger partial charge in [-0.1, -0.05) is 19.1 Å². The highest BCUT2D eigenvalue weighted by Gasteiger charge is 2.18. The maximum Gasteiger partial charge on any atom is 0.193 e. The number of rotatable bonds is 5. The van der Waals surface area contributed by atoms with E-state index in [0.717, 1.165) is 18.7 Å². The lowest BCUT2D eigenvalue weighted by Crippen LogP contribution is -2.35. The maximum absolute atomic E-state index is 6.16. The molecule has 132 valence electrons. The number of nitrogens with two attached hydrogens (primary N) is 1. The van der Waals surface area contributed by atoms with E-state index >= 15 is 0 Å². The van der Waals surface area contributed by atoms with Gasteiger partial charge >= 0.3 is 0 Å². The number of aliphatic imine (C=N–C) groups is 1. The van der Waals surface area contributed by atoms with Crippen LogP contribution in [0, 0.1) is 5.92 Å². The number of hydrogen-bond acceptors (Lipinski definition) is 2. The molecule has 1 heterocycles. The van der Waals surface area contributed by atoms with Crippen LogP contribution in [0.4, 0.5) is 5.69 Å². The van der Waals surface area contributed by atoms with Crippen LogP contribution < -0.4 is 11.1 Å². The van der Waals surface area contributed by atoms with Crippen LogP contribution in [0.2, 0.25) is 0 Å². The summed E-state index contributed by atoms with van der Waals surface area (Å²) < 4.78 is 0. The van der Waals surface area contributed by atoms with Crippen LogP contribution >= 0.6 is 0 Å². The van der Waals surface area contributed by atoms with Gasteiger partial charge in [0.1, 0.15) is 0 Å². The second kappa shape index (κ2) is 8.52. The number of anilines is 1. The standard InChI is InChI=1S/C20H32N4/c1-2-12-24-13-10-16(11-14-24)15-22-20(21)23-19-9-5-7-17-6-3-4-8-18(17)19/h5,7,9,16H,2-4,6,8,10-15H2,1H3,(H3,21,22,23). The quantitative estimate of drug-likeness (QED) is 0.643. The first-order chi connectivity index (χ1) is 11.8. The number of nitrogens with one attached hydrogen (secondary N) is 1. The lowest BCUT2D eigenvalue weighted by atomic mass is 9.90. The second-order valence-corrected chi connectivity index (χ2v) is 7.29. The molecule has 4 heteroatoms. The summed E-state index contributed by atoms with van der Waals surface area (Å²) in [6, 6.07) is 6.51. The smallest absolute Gasteiger partial charge is 0.193 e. The van der Waals surface area contributed by atoms with Gasteiger partial charge in [0.25, 0.3) is 0 Å². The Labute approximate surface area is 146 Å². The van der Waals surface area contributed by atoms with Gasteiger partial charge in [0.2, 0.25) is 0 Å². The van der Waals surface area contributed by atoms with Crippen molar-refractivity contribution in [2.24, 2.45) is 16.6 Å². The minimum absolute atomic E-state index is 0.574. The summed E-state index contributed by atoms with van der Waals surface area (Å²) in [6.07, 6.45) is 8.67. The molecule has 4 nitrogen and oxygen atoms in total. The molecule has 1 saturated heterocycles. The Hall–Kier alpha value is -1.55. The van der Waals surface area contributed by atoms with Crippen LogP contribution in [-0.2, 0) is 12.8 Å². The van der Waals surface area contributed by atoms with E-state index in [1.807, 2.05) is 0 Å². The number of guanidine groups is 1. The summed E-state index contributed by atoms with van der Waals surface area (Å²) in [5, 5.41) is 3.36. The Morgan fingerprint density at radius 3 is 2.83 bits per heavy atom. The third-order valence-electron chi connectivity index (χ3n) is 5.43. The van der Waals surface area contributed by atoms with Crippen molar-refractivity contribution in [3.05, 3.63) is 29.3 Å². The number of fused-ring (bicyclic) bond motifs is 1. The summed E-state index contributed by atoms with van der Waals surface area (Å²) in [5.74, 6) is 1.26. The number of hydrogen-bond donors (Lipinski definition) is 2. The average Bonchev–Trinajstić information content (AvgIpc) is 2.62. The Morgan fingerprint density at radius 1 is 1.25 bits per heavy atom. The van der Waals surface area contributed by atoms with Crippen molar-refractivity contribution in [2.45, 2.75) is 51.9 Å². The van der Waals surface area contributed by atoms with E-state index in [4.69, 9.17) is 5.73 Å². The van der Waals surface area contributed by atoms with Crippen molar-refractivity contribution < 1.29 is 0 Å². The van der Waals surface area contributed by atoms with Gasteiger partial charge in [0.05, 0.1) is 0 Å². The molecule has 1 fully saturated rings. The summed E-state index contributed by atoms with van der Waals surface area (Å²) in [4.78, 5) is 7.20. The van der Waals surface area contributed by atoms with Gasteiger partial charge in [-0.3, -0.25) is 4.99 Å². The Kier molecular flexibility index (Phi) is 6.13. The largest absolute Gasteiger partial charge is 0.370 e. The van der Waals surface area contributed by atoms with Crippen molar-refractivity contribution in [1.29, 1.82) is 0 Å². The van der Waals surface area contributed by atoms with E-state index in [9.17, 15) is 0 Å². The molecule has 3 N–H and O–H groups in total. The normalized spacial score (nSPS) is 20.0. The van der Waals surface area contributed by atoms with Gasteiger partial charge in [-0.15, -0.1) is 0 Å². The third-order valence-corrected chi connectivity index (χ3v) is 5.43. The second-order valence-electron chi connectivity index (χ2n) is 7.29. The molecule has 1 aromatic rings. The molecule has 24 heavy (non-hydrogen) atoms. The fraction of sp³-hybridized carbons (Fsp3) is 0.650. The molecule has 0 bridgehead atoms. The minimum Gasteiger partial charge on any atom is -0.370 e. The van der Waals surface area contributed by atoms with Gasteiger partial charge in [-0.05, 0) is 87.7 Å². The lowest BCUT2D eigenvalue weighted by Gasteiger charge is -2.30. The number of nitrogens with zero attached hydrogens (tertiary/aromatic N) is 2. The van der Waals surface area contributed by atoms with Gasteiger partial charge in [0, 0.05) is 12.2 Å². The first-order valence-corrected chi connectivity index (χ1v) is 9.66. The van der Waals surface area contributed by atoms with Gasteiger partial charge < -0.3 is 16.0 Å². The van der Waals surface area contributed by atoms with Crippen molar-refractivity contribution in [2.75, 3.05) is 31.5 Å². The van der Waals surface area contributed by atoms with Crippen molar-refractivity contribution in [1.82, 2.24) is 4.90 Å². The Bertz CT molecular complexity index is 559. The molecule has 0 radical (unpaired) electrons. The van der Waals surface area contributed by atoms with E-state index in [2.05, 4.69) is 40.3 Å². The van der Waals surface area contributed by atoms with Crippen LogP contribution in [0.15, 0.2) is 23.2 Å². The molecule has 0 unspecified atom stereocenters. The maximum atomic E-state index is 6.16. The predicted octanol–water partition coefficient (Wildman–Crippen LogP) is 3.41. The molecule has 0 aromatic heterocycles. The summed E-state index contributed by atoms with van der Waals surface area (Å²) >= 11 is 0. The molecule has 0 atom stereocenters. The molecular weight excluding hydrogens is 296 g/mol. The molecule has 1 aromatic carbocycles. The number of likely N-dealkylation sites (tertiary alicyclic amines) is 1. The van der Waals surface area contributed by atoms with Crippen LogP contribution in [-0.4, -0.2) is 37.0 Å². The summed E-state index contributed by atoms with van der Waals surface area (Å²) in [6.45, 7) is 6.78. The topological polar surface area (TPSA) is 53.6 Å². The summed E-state index contributed by atoms with van der Waals surface area (Å²) in [5.41, 5.74) is 10.2. The molecule has 2 aliphatic rings. The molecule has 1 aliphatic carbocycles. The molecule has 3 rings (SSSR count). The van der Waals surface area contributed by atoms with Crippen molar-refractivity contribution in [3.63, 3.8) is 0 Å². The zero-order valence-corrected chi connectivity index (χ0v) is 15.1. The van der Waals surface area contributed by atoms with E-state index < -0.39 is 0 Å². The highest BCUT2D eigenvalue weighted by atomic mass is 15.1. The average molecular weight is 329 g/mol. The van der Waals surface area contributed by atoms with Crippen molar-refractivity contribution in [3.8, 4) is 0 Å². The molecule has 1 aliphatic heterocycles. The number of aryl methyl sites for hydroxylation is 1. The lowest BCUT2D eigenvalue weighted by molar-refractivity contribution is 0.188. The van der Waals surface area contributed by atoms with Crippen LogP contribution in [0.3, 0.4) is 0 Å². The fourth-order valence-electron chi connectivity index (χ4n) is 4.01. The highest BCUT2D eigenvalue weighted by Crippen LogP contribution is 2.27. The van der Waals surface area contributed by atoms with Crippen LogP contribution in [0.1, 0.15) is 50.2 Å². The van der Waals surface area contributed by atoms with Gasteiger partial charge in [0.15, 0.2) is 5.96 Å². The predicted molar refractivity (Wildman–Crippen MR) is 103 cm³/mol. The molecule has 0 saturated carbocycles. The van der Waals surface area contributed by atoms with Crippen LogP contribution in [0.25, 0.3) is 0 Å². The Morgan fingerprint density at radius 2 is 2.04 bits per heavy atom. The van der Waals surface area contributed by atoms with Crippen LogP contribution in [0.5, 0.6) is 0 Å². The Balaban J connectivity index is 1.52. The fourth-order valence-corrected chi connectivity index (χ4v) is 4.01. The molecule has 0 amide bonds. The van der Waals surface area contributed by atoms with E-state index in [1.165, 1.54) is 69.3 Å². The minimum atomic E-state index is 0.574. The molecular formula is C20H32N4. The zero-order valence-electron chi connectivity index (χ0n) is 15.1.